The highest BCUT2D eigenvalue weighted by Gasteiger charge is 2.10. The minimum absolute atomic E-state index is 0.169. The number of aliphatic hydroxyl groups excluding tert-OH is 1. The fraction of sp³-hybridized carbons (Fsp3) is 0.176. The second-order valence-electron chi connectivity index (χ2n) is 4.51. The number of rotatable bonds is 6. The molecule has 110 valence electrons. The van der Waals surface area contributed by atoms with Gasteiger partial charge in [0, 0.05) is 0 Å². The Bertz CT molecular complexity index is 682. The molecule has 2 aromatic rings. The quantitative estimate of drug-likeness (QED) is 0.883. The second-order valence-corrected chi connectivity index (χ2v) is 4.51. The molecule has 0 saturated heterocycles. The first kappa shape index (κ1) is 15.4. The minimum Gasteiger partial charge on any atom is -0.490 e. The Balaban J connectivity index is 1.91. The van der Waals surface area contributed by atoms with Crippen molar-refractivity contribution in [3.8, 4) is 23.6 Å². The molecule has 0 heterocycles. The van der Waals surface area contributed by atoms with Crippen LogP contribution in [-0.4, -0.2) is 24.4 Å². The highest BCUT2D eigenvalue weighted by molar-refractivity contribution is 5.35. The Morgan fingerprint density at radius 2 is 1.36 bits per heavy atom. The van der Waals surface area contributed by atoms with Crippen LogP contribution >= 0.6 is 0 Å². The van der Waals surface area contributed by atoms with Gasteiger partial charge in [-0.15, -0.1) is 0 Å². The Morgan fingerprint density at radius 3 is 1.82 bits per heavy atom. The third-order valence-corrected chi connectivity index (χ3v) is 2.91. The van der Waals surface area contributed by atoms with E-state index in [2.05, 4.69) is 0 Å². The average Bonchev–Trinajstić information content (AvgIpc) is 2.59. The molecule has 0 aromatic heterocycles. The first-order valence-corrected chi connectivity index (χ1v) is 6.66. The van der Waals surface area contributed by atoms with Crippen molar-refractivity contribution < 1.29 is 14.6 Å². The maximum Gasteiger partial charge on any atom is 0.155 e. The van der Waals surface area contributed by atoms with Crippen molar-refractivity contribution in [3.05, 3.63) is 59.7 Å². The molecule has 0 radical (unpaired) electrons. The van der Waals surface area contributed by atoms with Crippen molar-refractivity contribution in [3.63, 3.8) is 0 Å². The van der Waals surface area contributed by atoms with E-state index >= 15 is 0 Å². The zero-order valence-corrected chi connectivity index (χ0v) is 11.8. The standard InChI is InChI=1S/C17H14N2O3/c18-9-13-1-5-15(6-2-13)21-12-17(11-20)22-16-7-3-14(10-19)4-8-16/h1-8,17,20H,11-12H2/t17-/m0/s1. The van der Waals surface area contributed by atoms with Gasteiger partial charge in [-0.3, -0.25) is 0 Å². The van der Waals surface area contributed by atoms with Crippen molar-refractivity contribution in [2.45, 2.75) is 6.10 Å². The summed E-state index contributed by atoms with van der Waals surface area (Å²) in [5, 5.41) is 26.8. The largest absolute Gasteiger partial charge is 0.490 e. The smallest absolute Gasteiger partial charge is 0.155 e. The van der Waals surface area contributed by atoms with Crippen molar-refractivity contribution in [1.29, 1.82) is 10.5 Å². The summed E-state index contributed by atoms with van der Waals surface area (Å²) in [6.45, 7) is -0.0291. The van der Waals surface area contributed by atoms with Gasteiger partial charge in [0.1, 0.15) is 18.1 Å². The van der Waals surface area contributed by atoms with E-state index < -0.39 is 6.10 Å². The van der Waals surface area contributed by atoms with Crippen molar-refractivity contribution >= 4 is 0 Å². The number of nitriles is 2. The topological polar surface area (TPSA) is 86.3 Å². The molecule has 1 atom stereocenters. The summed E-state index contributed by atoms with van der Waals surface area (Å²) in [6.07, 6.45) is -0.524. The summed E-state index contributed by atoms with van der Waals surface area (Å²) in [5.41, 5.74) is 1.10. The molecule has 2 aromatic carbocycles. The second kappa shape index (κ2) is 7.68. The van der Waals surface area contributed by atoms with E-state index in [0.29, 0.717) is 22.6 Å². The SMILES string of the molecule is N#Cc1ccc(OC[C@H](CO)Oc2ccc(C#N)cc2)cc1. The number of ether oxygens (including phenoxy) is 2. The lowest BCUT2D eigenvalue weighted by atomic mass is 10.2. The Labute approximate surface area is 128 Å². The van der Waals surface area contributed by atoms with Crippen LogP contribution in [0.3, 0.4) is 0 Å². The molecule has 0 aliphatic rings. The zero-order chi connectivity index (χ0) is 15.8. The van der Waals surface area contributed by atoms with Crippen LogP contribution in [0, 0.1) is 22.7 Å². The van der Waals surface area contributed by atoms with Gasteiger partial charge in [-0.2, -0.15) is 10.5 Å². The first-order valence-electron chi connectivity index (χ1n) is 6.66. The monoisotopic (exact) mass is 294 g/mol. The molecule has 0 amide bonds. The van der Waals surface area contributed by atoms with Crippen LogP contribution in [-0.2, 0) is 0 Å². The lowest BCUT2D eigenvalue weighted by Crippen LogP contribution is -2.28. The molecule has 0 saturated carbocycles. The number of nitrogens with zero attached hydrogens (tertiary/aromatic N) is 2. The maximum atomic E-state index is 9.35. The Kier molecular flexibility index (Phi) is 5.37. The molecule has 22 heavy (non-hydrogen) atoms. The van der Waals surface area contributed by atoms with E-state index in [9.17, 15) is 5.11 Å². The summed E-state index contributed by atoms with van der Waals surface area (Å²) in [5.74, 6) is 1.15. The molecule has 0 aliphatic heterocycles. The van der Waals surface area contributed by atoms with Gasteiger partial charge in [-0.25, -0.2) is 0 Å². The van der Waals surface area contributed by atoms with E-state index in [1.165, 1.54) is 0 Å². The van der Waals surface area contributed by atoms with Crippen LogP contribution in [0.25, 0.3) is 0 Å². The highest BCUT2D eigenvalue weighted by Crippen LogP contribution is 2.15. The minimum atomic E-state index is -0.524. The van der Waals surface area contributed by atoms with Crippen LogP contribution in [0.15, 0.2) is 48.5 Å². The molecule has 0 fully saturated rings. The Morgan fingerprint density at radius 1 is 0.864 bits per heavy atom. The van der Waals surface area contributed by atoms with Crippen LogP contribution in [0.2, 0.25) is 0 Å². The van der Waals surface area contributed by atoms with Crippen molar-refractivity contribution in [2.24, 2.45) is 0 Å². The van der Waals surface area contributed by atoms with E-state index in [0.717, 1.165) is 0 Å². The molecule has 2 rings (SSSR count). The molecule has 0 aliphatic carbocycles. The van der Waals surface area contributed by atoms with Gasteiger partial charge in [-0.05, 0) is 48.5 Å². The van der Waals surface area contributed by atoms with Crippen molar-refractivity contribution in [1.82, 2.24) is 0 Å². The third kappa shape index (κ3) is 4.24. The van der Waals surface area contributed by atoms with E-state index in [1.54, 1.807) is 48.5 Å². The normalized spacial score (nSPS) is 11.0. The number of hydrogen-bond donors (Lipinski definition) is 1. The van der Waals surface area contributed by atoms with Crippen LogP contribution in [0.5, 0.6) is 11.5 Å². The molecule has 0 unspecified atom stereocenters. The summed E-state index contributed by atoms with van der Waals surface area (Å²) in [4.78, 5) is 0. The van der Waals surface area contributed by atoms with Gasteiger partial charge in [-0.1, -0.05) is 0 Å². The summed E-state index contributed by atoms with van der Waals surface area (Å²) >= 11 is 0. The maximum absolute atomic E-state index is 9.35. The fourth-order valence-corrected chi connectivity index (χ4v) is 1.74. The predicted molar refractivity (Wildman–Crippen MR) is 79.3 cm³/mol. The lowest BCUT2D eigenvalue weighted by Gasteiger charge is -2.17. The van der Waals surface area contributed by atoms with Crippen molar-refractivity contribution in [2.75, 3.05) is 13.2 Å². The molecule has 5 heteroatoms. The number of benzene rings is 2. The van der Waals surface area contributed by atoms with Gasteiger partial charge in [0.25, 0.3) is 0 Å². The summed E-state index contributed by atoms with van der Waals surface area (Å²) in [6, 6.07) is 17.4. The predicted octanol–water partition coefficient (Wildman–Crippen LogP) is 2.25. The highest BCUT2D eigenvalue weighted by atomic mass is 16.5. The molecular formula is C17H14N2O3. The molecule has 0 bridgehead atoms. The summed E-state index contributed by atoms with van der Waals surface area (Å²) in [7, 11) is 0. The van der Waals surface area contributed by atoms with Crippen LogP contribution in [0.1, 0.15) is 11.1 Å². The van der Waals surface area contributed by atoms with Gasteiger partial charge >= 0.3 is 0 Å². The van der Waals surface area contributed by atoms with E-state index in [4.69, 9.17) is 20.0 Å². The van der Waals surface area contributed by atoms with Crippen LogP contribution in [0.4, 0.5) is 0 Å². The lowest BCUT2D eigenvalue weighted by molar-refractivity contribution is 0.0718. The van der Waals surface area contributed by atoms with Gasteiger partial charge in [0.05, 0.1) is 29.9 Å². The summed E-state index contributed by atoms with van der Waals surface area (Å²) < 4.78 is 11.1. The van der Waals surface area contributed by atoms with E-state index in [1.807, 2.05) is 12.1 Å². The van der Waals surface area contributed by atoms with Gasteiger partial charge in [0.2, 0.25) is 0 Å². The first-order chi connectivity index (χ1) is 10.7. The van der Waals surface area contributed by atoms with Gasteiger partial charge in [0.15, 0.2) is 6.10 Å². The Hall–Kier alpha value is -3.02. The molecule has 1 N–H and O–H groups in total. The zero-order valence-electron chi connectivity index (χ0n) is 11.8. The van der Waals surface area contributed by atoms with E-state index in [-0.39, 0.29) is 13.2 Å². The molecular weight excluding hydrogens is 280 g/mol. The fourth-order valence-electron chi connectivity index (χ4n) is 1.74. The number of aliphatic hydroxyl groups is 1. The average molecular weight is 294 g/mol. The molecule has 5 nitrogen and oxygen atoms in total. The van der Waals surface area contributed by atoms with Gasteiger partial charge < -0.3 is 14.6 Å². The number of hydrogen-bond acceptors (Lipinski definition) is 5. The third-order valence-electron chi connectivity index (χ3n) is 2.91. The van der Waals surface area contributed by atoms with Crippen LogP contribution < -0.4 is 9.47 Å². The molecule has 0 spiro atoms.